The van der Waals surface area contributed by atoms with E-state index in [1.54, 1.807) is 7.11 Å². The molecule has 0 radical (unpaired) electrons. The molecule has 0 spiro atoms. The first-order chi connectivity index (χ1) is 11.6. The SMILES string of the molecule is COc1ccc(NC(N)=NCC(NC(=O)OC(C)(C)C)C(C)C)cc1. The summed E-state index contributed by atoms with van der Waals surface area (Å²) in [7, 11) is 1.61. The zero-order valence-corrected chi connectivity index (χ0v) is 15.9. The summed E-state index contributed by atoms with van der Waals surface area (Å²) in [6.07, 6.45) is -0.455. The summed E-state index contributed by atoms with van der Waals surface area (Å²) >= 11 is 0. The third-order valence-electron chi connectivity index (χ3n) is 3.33. The Bertz CT molecular complexity index is 577. The molecule has 0 saturated heterocycles. The number of rotatable bonds is 6. The van der Waals surface area contributed by atoms with Crippen molar-refractivity contribution >= 4 is 17.7 Å². The van der Waals surface area contributed by atoms with Crippen LogP contribution in [0.3, 0.4) is 0 Å². The maximum absolute atomic E-state index is 11.9. The summed E-state index contributed by atoms with van der Waals surface area (Å²) in [6.45, 7) is 9.84. The van der Waals surface area contributed by atoms with E-state index in [1.165, 1.54) is 0 Å². The van der Waals surface area contributed by atoms with Crippen LogP contribution in [0, 0.1) is 5.92 Å². The molecule has 0 aliphatic rings. The number of nitrogens with one attached hydrogen (secondary N) is 2. The Balaban J connectivity index is 2.61. The van der Waals surface area contributed by atoms with E-state index in [-0.39, 0.29) is 17.9 Å². The molecule has 0 saturated carbocycles. The predicted octanol–water partition coefficient (Wildman–Crippen LogP) is 2.97. The molecule has 7 nitrogen and oxygen atoms in total. The molecule has 1 aromatic rings. The number of anilines is 1. The number of carbonyl (C=O) groups excluding carboxylic acids is 1. The molecule has 1 atom stereocenters. The summed E-state index contributed by atoms with van der Waals surface area (Å²) in [5.41, 5.74) is 6.19. The number of alkyl carbamates (subject to hydrolysis) is 1. The number of ether oxygens (including phenoxy) is 2. The summed E-state index contributed by atoms with van der Waals surface area (Å²) in [6, 6.07) is 7.18. The normalized spacial score (nSPS) is 13.3. The maximum atomic E-state index is 11.9. The lowest BCUT2D eigenvalue weighted by atomic mass is 10.1. The zero-order chi connectivity index (χ0) is 19.0. The number of nitrogens with zero attached hydrogens (tertiary/aromatic N) is 1. The maximum Gasteiger partial charge on any atom is 0.407 e. The second-order valence-electron chi connectivity index (χ2n) is 7.08. The monoisotopic (exact) mass is 350 g/mol. The molecule has 4 N–H and O–H groups in total. The molecule has 7 heteroatoms. The fourth-order valence-electron chi connectivity index (χ4n) is 1.94. The molecule has 1 amide bonds. The first-order valence-corrected chi connectivity index (χ1v) is 8.31. The van der Waals surface area contributed by atoms with E-state index >= 15 is 0 Å². The summed E-state index contributed by atoms with van der Waals surface area (Å²) < 4.78 is 10.4. The first kappa shape index (κ1) is 20.6. The number of aliphatic imine (C=N–C) groups is 1. The van der Waals surface area contributed by atoms with Gasteiger partial charge in [-0.05, 0) is 51.0 Å². The minimum Gasteiger partial charge on any atom is -0.497 e. The van der Waals surface area contributed by atoms with Crippen molar-refractivity contribution in [3.63, 3.8) is 0 Å². The quantitative estimate of drug-likeness (QED) is 0.541. The molecule has 0 heterocycles. The van der Waals surface area contributed by atoms with Crippen LogP contribution in [-0.4, -0.2) is 37.4 Å². The van der Waals surface area contributed by atoms with Crippen LogP contribution in [0.15, 0.2) is 29.3 Å². The molecule has 0 aliphatic carbocycles. The van der Waals surface area contributed by atoms with Gasteiger partial charge >= 0.3 is 6.09 Å². The highest BCUT2D eigenvalue weighted by Gasteiger charge is 2.21. The van der Waals surface area contributed by atoms with Crippen LogP contribution in [0.4, 0.5) is 10.5 Å². The van der Waals surface area contributed by atoms with Gasteiger partial charge in [0.25, 0.3) is 0 Å². The van der Waals surface area contributed by atoms with Gasteiger partial charge in [0.15, 0.2) is 5.96 Å². The second-order valence-corrected chi connectivity index (χ2v) is 7.08. The van der Waals surface area contributed by atoms with Crippen molar-refractivity contribution in [1.29, 1.82) is 0 Å². The van der Waals surface area contributed by atoms with E-state index in [2.05, 4.69) is 15.6 Å². The Morgan fingerprint density at radius 3 is 2.32 bits per heavy atom. The van der Waals surface area contributed by atoms with Gasteiger partial charge < -0.3 is 25.8 Å². The van der Waals surface area contributed by atoms with Gasteiger partial charge in [0, 0.05) is 5.69 Å². The van der Waals surface area contributed by atoms with Crippen molar-refractivity contribution in [2.75, 3.05) is 19.0 Å². The minimum absolute atomic E-state index is 0.175. The predicted molar refractivity (Wildman–Crippen MR) is 101 cm³/mol. The van der Waals surface area contributed by atoms with Crippen molar-refractivity contribution in [3.8, 4) is 5.75 Å². The molecular weight excluding hydrogens is 320 g/mol. The molecule has 140 valence electrons. The molecule has 25 heavy (non-hydrogen) atoms. The lowest BCUT2D eigenvalue weighted by Crippen LogP contribution is -2.44. The molecule has 1 unspecified atom stereocenters. The van der Waals surface area contributed by atoms with E-state index in [9.17, 15) is 4.79 Å². The number of carbonyl (C=O) groups is 1. The van der Waals surface area contributed by atoms with Gasteiger partial charge in [-0.15, -0.1) is 0 Å². The standard InChI is InChI=1S/C18H30N4O3/c1-12(2)15(22-17(23)25-18(3,4)5)11-20-16(19)21-13-7-9-14(24-6)10-8-13/h7-10,12,15H,11H2,1-6H3,(H,22,23)(H3,19,20,21). The Labute approximate surface area is 150 Å². The Morgan fingerprint density at radius 1 is 1.24 bits per heavy atom. The van der Waals surface area contributed by atoms with Crippen molar-refractivity contribution in [3.05, 3.63) is 24.3 Å². The number of benzene rings is 1. The first-order valence-electron chi connectivity index (χ1n) is 8.31. The van der Waals surface area contributed by atoms with Crippen LogP contribution in [-0.2, 0) is 4.74 Å². The van der Waals surface area contributed by atoms with Crippen molar-refractivity contribution in [2.24, 2.45) is 16.6 Å². The number of guanidine groups is 1. The van der Waals surface area contributed by atoms with E-state index in [0.29, 0.717) is 6.54 Å². The fraction of sp³-hybridized carbons (Fsp3) is 0.556. The molecule has 0 aliphatic heterocycles. The minimum atomic E-state index is -0.538. The largest absolute Gasteiger partial charge is 0.497 e. The molecule has 0 fully saturated rings. The van der Waals surface area contributed by atoms with E-state index < -0.39 is 11.7 Å². The summed E-state index contributed by atoms with van der Waals surface area (Å²) in [5.74, 6) is 1.23. The third kappa shape index (κ3) is 8.28. The topological polar surface area (TPSA) is 98.0 Å². The average molecular weight is 350 g/mol. The molecular formula is C18H30N4O3. The number of nitrogens with two attached hydrogens (primary N) is 1. The highest BCUT2D eigenvalue weighted by molar-refractivity contribution is 5.92. The van der Waals surface area contributed by atoms with Crippen molar-refractivity contribution < 1.29 is 14.3 Å². The second kappa shape index (κ2) is 9.15. The molecule has 1 aromatic carbocycles. The highest BCUT2D eigenvalue weighted by atomic mass is 16.6. The molecule has 0 aromatic heterocycles. The average Bonchev–Trinajstić information content (AvgIpc) is 2.50. The number of hydrogen-bond acceptors (Lipinski definition) is 4. The Kier molecular flexibility index (Phi) is 7.54. The van der Waals surface area contributed by atoms with Gasteiger partial charge in [0.1, 0.15) is 11.4 Å². The summed E-state index contributed by atoms with van der Waals surface area (Å²) in [5, 5.41) is 5.85. The van der Waals surface area contributed by atoms with Gasteiger partial charge in [0.2, 0.25) is 0 Å². The Morgan fingerprint density at radius 2 is 1.84 bits per heavy atom. The van der Waals surface area contributed by atoms with Gasteiger partial charge in [-0.2, -0.15) is 0 Å². The lowest BCUT2D eigenvalue weighted by Gasteiger charge is -2.25. The van der Waals surface area contributed by atoms with Gasteiger partial charge in [-0.25, -0.2) is 4.79 Å². The summed E-state index contributed by atoms with van der Waals surface area (Å²) in [4.78, 5) is 16.2. The highest BCUT2D eigenvalue weighted by Crippen LogP contribution is 2.14. The smallest absolute Gasteiger partial charge is 0.407 e. The van der Waals surface area contributed by atoms with Gasteiger partial charge in [0.05, 0.1) is 19.7 Å². The van der Waals surface area contributed by atoms with Crippen LogP contribution < -0.4 is 21.1 Å². The third-order valence-corrected chi connectivity index (χ3v) is 3.33. The van der Waals surface area contributed by atoms with Gasteiger partial charge in [-0.3, -0.25) is 4.99 Å². The van der Waals surface area contributed by atoms with E-state index in [4.69, 9.17) is 15.2 Å². The van der Waals surface area contributed by atoms with E-state index in [0.717, 1.165) is 11.4 Å². The van der Waals surface area contributed by atoms with Crippen LogP contribution in [0.5, 0.6) is 5.75 Å². The molecule has 1 rings (SSSR count). The van der Waals surface area contributed by atoms with E-state index in [1.807, 2.05) is 58.9 Å². The van der Waals surface area contributed by atoms with Gasteiger partial charge in [-0.1, -0.05) is 13.8 Å². The van der Waals surface area contributed by atoms with Crippen LogP contribution >= 0.6 is 0 Å². The number of amides is 1. The van der Waals surface area contributed by atoms with Crippen LogP contribution in [0.25, 0.3) is 0 Å². The molecule has 0 bridgehead atoms. The van der Waals surface area contributed by atoms with Crippen LogP contribution in [0.2, 0.25) is 0 Å². The fourth-order valence-corrected chi connectivity index (χ4v) is 1.94. The Hall–Kier alpha value is -2.44. The lowest BCUT2D eigenvalue weighted by molar-refractivity contribution is 0.0493. The van der Waals surface area contributed by atoms with Crippen LogP contribution in [0.1, 0.15) is 34.6 Å². The number of hydrogen-bond donors (Lipinski definition) is 3. The van der Waals surface area contributed by atoms with Crippen molar-refractivity contribution in [1.82, 2.24) is 5.32 Å². The zero-order valence-electron chi connectivity index (χ0n) is 15.9. The number of methoxy groups -OCH3 is 1. The van der Waals surface area contributed by atoms with Crippen molar-refractivity contribution in [2.45, 2.75) is 46.3 Å².